The first-order chi connectivity index (χ1) is 15.4. The van der Waals surface area contributed by atoms with Crippen LogP contribution < -0.4 is 0 Å². The average Bonchev–Trinajstić information content (AvgIpc) is 3.30. The van der Waals surface area contributed by atoms with Gasteiger partial charge in [0, 0.05) is 5.39 Å². The lowest BCUT2D eigenvalue weighted by atomic mass is 9.92. The number of carbonyl (C=O) groups excluding carboxylic acids is 2. The van der Waals surface area contributed by atoms with Gasteiger partial charge in [0.05, 0.1) is 27.7 Å². The molecule has 1 aliphatic heterocycles. The minimum absolute atomic E-state index is 0.00397. The van der Waals surface area contributed by atoms with Crippen LogP contribution in [0.15, 0.2) is 47.5 Å². The lowest BCUT2D eigenvalue weighted by Crippen LogP contribution is -2.23. The van der Waals surface area contributed by atoms with E-state index in [0.29, 0.717) is 34.8 Å². The van der Waals surface area contributed by atoms with Crippen molar-refractivity contribution in [3.63, 3.8) is 0 Å². The molecular weight excluding hydrogens is 476 g/mol. The van der Waals surface area contributed by atoms with Crippen molar-refractivity contribution in [1.82, 2.24) is 15.3 Å². The molecule has 1 aromatic heterocycles. The molecule has 13 heteroatoms. The molecule has 2 aromatic carbocycles. The number of H-pyrrole nitrogens is 1. The number of aromatic nitrogens is 2. The molecule has 6 nitrogen and oxygen atoms in total. The number of thioether (sulfide) groups is 1. The molecule has 0 unspecified atom stereocenters. The number of hydrogen-bond donors (Lipinski definition) is 2. The van der Waals surface area contributed by atoms with E-state index in [1.165, 1.54) is 24.4 Å². The largest absolute Gasteiger partial charge is 0.416 e. The topological polar surface area (TPSA) is 86.3 Å². The summed E-state index contributed by atoms with van der Waals surface area (Å²) in [6.45, 7) is 0. The summed E-state index contributed by atoms with van der Waals surface area (Å²) in [4.78, 5) is 23.9. The Kier molecular flexibility index (Phi) is 5.48. The van der Waals surface area contributed by atoms with Gasteiger partial charge >= 0.3 is 17.6 Å². The van der Waals surface area contributed by atoms with Gasteiger partial charge in [0.15, 0.2) is 0 Å². The van der Waals surface area contributed by atoms with Crippen molar-refractivity contribution in [3.05, 3.63) is 69.8 Å². The first-order valence-electron chi connectivity index (χ1n) is 9.05. The highest BCUT2D eigenvalue weighted by Crippen LogP contribution is 2.42. The van der Waals surface area contributed by atoms with E-state index in [9.17, 15) is 41.1 Å². The number of rotatable bonds is 3. The fourth-order valence-corrected chi connectivity index (χ4v) is 4.18. The maximum absolute atomic E-state index is 13.6. The van der Waals surface area contributed by atoms with Gasteiger partial charge in [-0.2, -0.15) is 31.4 Å². The molecule has 1 aliphatic rings. The SMILES string of the molecule is O=C1S/C(=C(/Cc2ccc(C(F)(F)F)cc2C(F)(F)F)c2ccc3[nH]ncc3c2)C(=O)N1O. The van der Waals surface area contributed by atoms with Gasteiger partial charge in [-0.1, -0.05) is 12.1 Å². The van der Waals surface area contributed by atoms with Gasteiger partial charge < -0.3 is 0 Å². The van der Waals surface area contributed by atoms with Crippen molar-refractivity contribution < 1.29 is 41.1 Å². The van der Waals surface area contributed by atoms with Crippen LogP contribution in [0.25, 0.3) is 16.5 Å². The van der Waals surface area contributed by atoms with Crippen LogP contribution in [0.5, 0.6) is 0 Å². The lowest BCUT2D eigenvalue weighted by molar-refractivity contribution is -0.145. The first-order valence-corrected chi connectivity index (χ1v) is 9.87. The summed E-state index contributed by atoms with van der Waals surface area (Å²) in [5.41, 5.74) is -2.79. The second-order valence-corrected chi connectivity index (χ2v) is 7.97. The molecular formula is C20H11F6N3O3S. The van der Waals surface area contributed by atoms with Crippen molar-refractivity contribution in [2.24, 2.45) is 0 Å². The predicted octanol–water partition coefficient (Wildman–Crippen LogP) is 5.64. The average molecular weight is 487 g/mol. The zero-order valence-corrected chi connectivity index (χ0v) is 16.9. The van der Waals surface area contributed by atoms with E-state index < -0.39 is 46.6 Å². The molecule has 2 heterocycles. The molecule has 2 N–H and O–H groups in total. The number of alkyl halides is 6. The van der Waals surface area contributed by atoms with Crippen LogP contribution in [0.2, 0.25) is 0 Å². The highest BCUT2D eigenvalue weighted by atomic mass is 32.2. The Morgan fingerprint density at radius 2 is 1.76 bits per heavy atom. The van der Waals surface area contributed by atoms with Crippen molar-refractivity contribution in [1.29, 1.82) is 0 Å². The fraction of sp³-hybridized carbons (Fsp3) is 0.150. The Labute approximate surface area is 184 Å². The Bertz CT molecular complexity index is 1310. The summed E-state index contributed by atoms with van der Waals surface area (Å²) in [6.07, 6.45) is -9.32. The number of halogens is 6. The summed E-state index contributed by atoms with van der Waals surface area (Å²) in [5, 5.41) is 15.4. The van der Waals surface area contributed by atoms with Gasteiger partial charge in [-0.15, -0.1) is 5.06 Å². The Balaban J connectivity index is 1.90. The third kappa shape index (κ3) is 4.33. The molecule has 0 saturated carbocycles. The zero-order valence-electron chi connectivity index (χ0n) is 16.1. The van der Waals surface area contributed by atoms with Crippen LogP contribution in [0.3, 0.4) is 0 Å². The van der Waals surface area contributed by atoms with Crippen LogP contribution in [-0.2, 0) is 23.6 Å². The minimum Gasteiger partial charge on any atom is -0.278 e. The molecule has 1 fully saturated rings. The van der Waals surface area contributed by atoms with E-state index in [4.69, 9.17) is 0 Å². The highest BCUT2D eigenvalue weighted by Gasteiger charge is 2.40. The number of nitrogens with one attached hydrogen (secondary N) is 1. The summed E-state index contributed by atoms with van der Waals surface area (Å²) < 4.78 is 80.0. The van der Waals surface area contributed by atoms with Gasteiger partial charge in [-0.25, -0.2) is 0 Å². The third-order valence-electron chi connectivity index (χ3n) is 4.92. The number of benzene rings is 2. The number of fused-ring (bicyclic) bond motifs is 1. The molecule has 2 amide bonds. The monoisotopic (exact) mass is 487 g/mol. The molecule has 0 spiro atoms. The van der Waals surface area contributed by atoms with Crippen LogP contribution in [-0.4, -0.2) is 31.6 Å². The second-order valence-electron chi connectivity index (χ2n) is 7.01. The van der Waals surface area contributed by atoms with E-state index in [1.807, 2.05) is 0 Å². The maximum atomic E-state index is 13.6. The first kappa shape index (κ1) is 22.9. The Morgan fingerprint density at radius 1 is 1.03 bits per heavy atom. The number of allylic oxidation sites excluding steroid dienone is 1. The smallest absolute Gasteiger partial charge is 0.278 e. The zero-order chi connectivity index (χ0) is 24.1. The summed E-state index contributed by atoms with van der Waals surface area (Å²) >= 11 is 0.315. The third-order valence-corrected chi connectivity index (χ3v) is 5.89. The number of carbonyl (C=O) groups is 2. The highest BCUT2D eigenvalue weighted by molar-refractivity contribution is 8.18. The van der Waals surface area contributed by atoms with Crippen LogP contribution in [0.1, 0.15) is 22.3 Å². The van der Waals surface area contributed by atoms with Crippen LogP contribution in [0, 0.1) is 0 Å². The van der Waals surface area contributed by atoms with Gasteiger partial charge in [0.25, 0.3) is 5.91 Å². The van der Waals surface area contributed by atoms with Crippen molar-refractivity contribution in [3.8, 4) is 0 Å². The van der Waals surface area contributed by atoms with Gasteiger partial charge in [0.2, 0.25) is 0 Å². The quantitative estimate of drug-likeness (QED) is 0.284. The minimum atomic E-state index is -5.12. The second kappa shape index (κ2) is 7.92. The molecule has 0 bridgehead atoms. The number of hydrogen-bond acceptors (Lipinski definition) is 5. The van der Waals surface area contributed by atoms with Crippen LogP contribution in [0.4, 0.5) is 31.1 Å². The molecule has 3 aromatic rings. The van der Waals surface area contributed by atoms with Crippen molar-refractivity contribution in [2.45, 2.75) is 18.8 Å². The standard InChI is InChI=1S/C20H11F6N3O3S/c21-19(22,23)12-3-1-10(14(7-12)20(24,25)26)6-13(16-17(30)29(32)18(31)33-16)9-2-4-15-11(5-9)8-27-28-15/h1-5,7-8,32H,6H2,(H,27,28)/b16-13-. The number of nitrogens with zero attached hydrogens (tertiary/aromatic N) is 2. The number of imide groups is 1. The molecule has 0 radical (unpaired) electrons. The normalized spacial score (nSPS) is 16.8. The summed E-state index contributed by atoms with van der Waals surface area (Å²) in [5.74, 6) is -1.15. The molecule has 0 atom stereocenters. The number of amides is 2. The molecule has 0 aliphatic carbocycles. The number of hydroxylamine groups is 2. The predicted molar refractivity (Wildman–Crippen MR) is 105 cm³/mol. The van der Waals surface area contributed by atoms with E-state index in [2.05, 4.69) is 10.2 Å². The van der Waals surface area contributed by atoms with Gasteiger partial charge in [0.1, 0.15) is 0 Å². The van der Waals surface area contributed by atoms with Crippen molar-refractivity contribution in [2.75, 3.05) is 0 Å². The van der Waals surface area contributed by atoms with Crippen LogP contribution >= 0.6 is 11.8 Å². The Morgan fingerprint density at radius 3 is 2.36 bits per heavy atom. The Hall–Kier alpha value is -3.32. The molecule has 33 heavy (non-hydrogen) atoms. The molecule has 4 rings (SSSR count). The van der Waals surface area contributed by atoms with Crippen molar-refractivity contribution >= 4 is 39.4 Å². The lowest BCUT2D eigenvalue weighted by Gasteiger charge is -2.18. The number of aromatic amines is 1. The van der Waals surface area contributed by atoms with Gasteiger partial charge in [-0.3, -0.25) is 19.9 Å². The summed E-state index contributed by atoms with van der Waals surface area (Å²) in [7, 11) is 0. The van der Waals surface area contributed by atoms with E-state index in [0.717, 1.165) is 0 Å². The van der Waals surface area contributed by atoms with E-state index >= 15 is 0 Å². The molecule has 172 valence electrons. The van der Waals surface area contributed by atoms with E-state index in [1.54, 1.807) is 0 Å². The van der Waals surface area contributed by atoms with E-state index in [-0.39, 0.29) is 27.2 Å². The van der Waals surface area contributed by atoms with Gasteiger partial charge in [-0.05, 0) is 59.1 Å². The summed E-state index contributed by atoms with van der Waals surface area (Å²) in [6, 6.07) is 5.70. The maximum Gasteiger partial charge on any atom is 0.416 e. The molecule has 1 saturated heterocycles. The fourth-order valence-electron chi connectivity index (χ4n) is 3.35.